The van der Waals surface area contributed by atoms with Crippen LogP contribution in [0.3, 0.4) is 0 Å². The molecule has 2 aromatic rings. The molecule has 9 heteroatoms. The van der Waals surface area contributed by atoms with Crippen LogP contribution in [0.5, 0.6) is 0 Å². The monoisotopic (exact) mass is 525 g/mol. The van der Waals surface area contributed by atoms with Crippen LogP contribution in [0.25, 0.3) is 0 Å². The Hall–Kier alpha value is -3.20. The molecule has 0 saturated heterocycles. The van der Waals surface area contributed by atoms with Crippen molar-refractivity contribution in [3.8, 4) is 0 Å². The molecular formula is C28H35N3O5S. The van der Waals surface area contributed by atoms with E-state index in [4.69, 9.17) is 0 Å². The first-order chi connectivity index (χ1) is 17.8. The Morgan fingerprint density at radius 3 is 2.41 bits per heavy atom. The van der Waals surface area contributed by atoms with Crippen molar-refractivity contribution >= 4 is 27.7 Å². The van der Waals surface area contributed by atoms with E-state index in [0.29, 0.717) is 19.4 Å². The summed E-state index contributed by atoms with van der Waals surface area (Å²) in [5.41, 5.74) is 1.23. The molecule has 0 aromatic heterocycles. The van der Waals surface area contributed by atoms with Crippen LogP contribution in [-0.4, -0.2) is 60.5 Å². The van der Waals surface area contributed by atoms with Gasteiger partial charge in [-0.25, -0.2) is 12.7 Å². The van der Waals surface area contributed by atoms with E-state index in [9.17, 15) is 22.8 Å². The highest BCUT2D eigenvalue weighted by Crippen LogP contribution is 2.30. The van der Waals surface area contributed by atoms with Crippen molar-refractivity contribution in [2.75, 3.05) is 13.1 Å². The number of carbonyl (C=O) groups is 3. The Morgan fingerprint density at radius 1 is 1.05 bits per heavy atom. The molecule has 0 radical (unpaired) electrons. The lowest BCUT2D eigenvalue weighted by Crippen LogP contribution is -2.52. The van der Waals surface area contributed by atoms with Gasteiger partial charge in [0.1, 0.15) is 10.9 Å². The molecule has 1 aliphatic carbocycles. The summed E-state index contributed by atoms with van der Waals surface area (Å²) in [5.74, 6) is -0.916. The van der Waals surface area contributed by atoms with Crippen LogP contribution in [0.4, 0.5) is 0 Å². The first kappa shape index (κ1) is 26.9. The van der Waals surface area contributed by atoms with Gasteiger partial charge in [0.15, 0.2) is 0 Å². The summed E-state index contributed by atoms with van der Waals surface area (Å²) in [5, 5.41) is 3.13. The molecule has 2 aromatic carbocycles. The number of fused-ring (bicyclic) bond motifs is 1. The van der Waals surface area contributed by atoms with Gasteiger partial charge in [-0.3, -0.25) is 14.4 Å². The summed E-state index contributed by atoms with van der Waals surface area (Å²) in [7, 11) is -3.91. The Kier molecular flexibility index (Phi) is 8.63. The van der Waals surface area contributed by atoms with Gasteiger partial charge in [-0.1, -0.05) is 62.2 Å². The number of amides is 3. The Labute approximate surface area is 219 Å². The molecule has 0 spiro atoms. The lowest BCUT2D eigenvalue weighted by molar-refractivity contribution is -0.141. The zero-order valence-corrected chi connectivity index (χ0v) is 22.1. The third-order valence-electron chi connectivity index (χ3n) is 7.24. The molecule has 1 aliphatic heterocycles. The molecule has 37 heavy (non-hydrogen) atoms. The fourth-order valence-electron chi connectivity index (χ4n) is 5.23. The van der Waals surface area contributed by atoms with Crippen LogP contribution in [0.15, 0.2) is 59.5 Å². The highest BCUT2D eigenvalue weighted by Gasteiger charge is 2.40. The lowest BCUT2D eigenvalue weighted by Gasteiger charge is -2.31. The number of nitrogens with one attached hydrogen (secondary N) is 1. The van der Waals surface area contributed by atoms with E-state index in [0.717, 1.165) is 35.6 Å². The predicted molar refractivity (Wildman–Crippen MR) is 140 cm³/mol. The maximum Gasteiger partial charge on any atom is 0.269 e. The van der Waals surface area contributed by atoms with Crippen LogP contribution < -0.4 is 5.32 Å². The fraction of sp³-hybridized carbons (Fsp3) is 0.464. The lowest BCUT2D eigenvalue weighted by atomic mass is 10.1. The molecule has 1 N–H and O–H groups in total. The minimum atomic E-state index is -3.91. The highest BCUT2D eigenvalue weighted by molar-refractivity contribution is 7.90. The molecule has 1 fully saturated rings. The van der Waals surface area contributed by atoms with Crippen molar-refractivity contribution in [3.05, 3.63) is 65.7 Å². The van der Waals surface area contributed by atoms with E-state index >= 15 is 0 Å². The van der Waals surface area contributed by atoms with Crippen molar-refractivity contribution in [3.63, 3.8) is 0 Å². The zero-order chi connectivity index (χ0) is 26.4. The van der Waals surface area contributed by atoms with Gasteiger partial charge in [-0.15, -0.1) is 0 Å². The third-order valence-corrected chi connectivity index (χ3v) is 9.08. The second-order valence-corrected chi connectivity index (χ2v) is 11.5. The Morgan fingerprint density at radius 2 is 1.73 bits per heavy atom. The van der Waals surface area contributed by atoms with Gasteiger partial charge >= 0.3 is 0 Å². The molecular weight excluding hydrogens is 490 g/mol. The number of hydrogen-bond acceptors (Lipinski definition) is 5. The summed E-state index contributed by atoms with van der Waals surface area (Å²) >= 11 is 0. The van der Waals surface area contributed by atoms with Gasteiger partial charge in [0.2, 0.25) is 11.8 Å². The molecule has 4 rings (SSSR count). The van der Waals surface area contributed by atoms with Crippen LogP contribution >= 0.6 is 0 Å². The minimum absolute atomic E-state index is 0.00504. The number of sulfonamides is 1. The summed E-state index contributed by atoms with van der Waals surface area (Å²) in [4.78, 5) is 40.9. The second-order valence-electron chi connectivity index (χ2n) is 9.72. The van der Waals surface area contributed by atoms with Crippen LogP contribution in [0, 0.1) is 0 Å². The van der Waals surface area contributed by atoms with E-state index < -0.39 is 22.0 Å². The number of hydrogen-bond donors (Lipinski definition) is 1. The van der Waals surface area contributed by atoms with E-state index in [1.54, 1.807) is 17.0 Å². The van der Waals surface area contributed by atoms with E-state index in [1.807, 2.05) is 37.3 Å². The number of rotatable bonds is 11. The number of carbonyl (C=O) groups excluding carboxylic acids is 3. The van der Waals surface area contributed by atoms with Crippen LogP contribution in [-0.2, 0) is 26.0 Å². The minimum Gasteiger partial charge on any atom is -0.352 e. The molecule has 198 valence electrons. The molecule has 0 bridgehead atoms. The fourth-order valence-corrected chi connectivity index (χ4v) is 6.84. The van der Waals surface area contributed by atoms with Crippen molar-refractivity contribution < 1.29 is 22.8 Å². The normalized spacial score (nSPS) is 17.4. The summed E-state index contributed by atoms with van der Waals surface area (Å²) < 4.78 is 26.5. The standard InChI is InChI=1S/C28H35N3O5S/c1-2-24(27(33)29-22-13-6-7-14-22)30(20-18-21-11-4-3-5-12-21)26(32)17-10-19-31-28(34)23-15-8-9-16-25(23)37(31,35)36/h3-5,8-9,11-12,15-16,22,24H,2,6-7,10,13-14,17-20H2,1H3,(H,29,33)/t24-/m0/s1. The van der Waals surface area contributed by atoms with Gasteiger partial charge in [0, 0.05) is 25.6 Å². The van der Waals surface area contributed by atoms with E-state index in [-0.39, 0.29) is 47.7 Å². The van der Waals surface area contributed by atoms with Crippen molar-refractivity contribution in [2.45, 2.75) is 75.3 Å². The van der Waals surface area contributed by atoms with Gasteiger partial charge in [-0.05, 0) is 49.8 Å². The molecule has 3 amide bonds. The molecule has 1 heterocycles. The predicted octanol–water partition coefficient (Wildman–Crippen LogP) is 3.52. The zero-order valence-electron chi connectivity index (χ0n) is 21.3. The molecule has 8 nitrogen and oxygen atoms in total. The smallest absolute Gasteiger partial charge is 0.269 e. The molecule has 1 atom stereocenters. The summed E-state index contributed by atoms with van der Waals surface area (Å²) in [6.07, 6.45) is 5.42. The van der Waals surface area contributed by atoms with Gasteiger partial charge in [0.05, 0.1) is 5.56 Å². The quantitative estimate of drug-likeness (QED) is 0.484. The third kappa shape index (κ3) is 6.04. The molecule has 0 unspecified atom stereocenters. The van der Waals surface area contributed by atoms with E-state index in [1.165, 1.54) is 12.1 Å². The maximum absolute atomic E-state index is 13.4. The highest BCUT2D eigenvalue weighted by atomic mass is 32.2. The summed E-state index contributed by atoms with van der Waals surface area (Å²) in [6, 6.07) is 15.5. The Bertz CT molecular complexity index is 1230. The van der Waals surface area contributed by atoms with Crippen LogP contribution in [0.1, 0.15) is 67.8 Å². The SMILES string of the molecule is CC[C@@H](C(=O)NC1CCCC1)N(CCc1ccccc1)C(=O)CCCN1C(=O)c2ccccc2S1(=O)=O. The molecule has 1 saturated carbocycles. The average molecular weight is 526 g/mol. The van der Waals surface area contributed by atoms with E-state index in [2.05, 4.69) is 5.32 Å². The second kappa shape index (κ2) is 11.9. The topological polar surface area (TPSA) is 104 Å². The first-order valence-corrected chi connectivity index (χ1v) is 14.6. The van der Waals surface area contributed by atoms with Gasteiger partial charge in [-0.2, -0.15) is 0 Å². The maximum atomic E-state index is 13.4. The van der Waals surface area contributed by atoms with Crippen LogP contribution in [0.2, 0.25) is 0 Å². The van der Waals surface area contributed by atoms with Crippen molar-refractivity contribution in [2.24, 2.45) is 0 Å². The summed E-state index contributed by atoms with van der Waals surface area (Å²) in [6.45, 7) is 2.19. The first-order valence-electron chi connectivity index (χ1n) is 13.1. The van der Waals surface area contributed by atoms with Crippen molar-refractivity contribution in [1.82, 2.24) is 14.5 Å². The largest absolute Gasteiger partial charge is 0.352 e. The number of benzene rings is 2. The molecule has 2 aliphatic rings. The van der Waals surface area contributed by atoms with Crippen molar-refractivity contribution in [1.29, 1.82) is 0 Å². The van der Waals surface area contributed by atoms with Gasteiger partial charge in [0.25, 0.3) is 15.9 Å². The number of nitrogens with zero attached hydrogens (tertiary/aromatic N) is 2. The average Bonchev–Trinajstić information content (AvgIpc) is 3.47. The Balaban J connectivity index is 1.43. The van der Waals surface area contributed by atoms with Gasteiger partial charge < -0.3 is 10.2 Å².